The summed E-state index contributed by atoms with van der Waals surface area (Å²) in [6.45, 7) is 3.66. The highest BCUT2D eigenvalue weighted by atomic mass is 16.5. The molecule has 0 spiro atoms. The fourth-order valence-corrected chi connectivity index (χ4v) is 1.48. The number of methoxy groups -OCH3 is 2. The van der Waals surface area contributed by atoms with E-state index in [0.717, 1.165) is 0 Å². The van der Waals surface area contributed by atoms with Crippen LogP contribution in [0.4, 0.5) is 0 Å². The van der Waals surface area contributed by atoms with Crippen molar-refractivity contribution in [1.29, 1.82) is 0 Å². The van der Waals surface area contributed by atoms with Gasteiger partial charge < -0.3 is 14.8 Å². The number of hydrogen-bond acceptors (Lipinski definition) is 5. The van der Waals surface area contributed by atoms with Crippen molar-refractivity contribution in [2.75, 3.05) is 14.2 Å². The van der Waals surface area contributed by atoms with E-state index in [1.54, 1.807) is 12.1 Å². The van der Waals surface area contributed by atoms with Crippen molar-refractivity contribution in [3.63, 3.8) is 0 Å². The fraction of sp³-hybridized carbons (Fsp3) is 0.462. The van der Waals surface area contributed by atoms with Gasteiger partial charge in [-0.15, -0.1) is 0 Å². The van der Waals surface area contributed by atoms with Gasteiger partial charge >= 0.3 is 5.97 Å². The molecule has 0 aliphatic heterocycles. The molecule has 6 nitrogen and oxygen atoms in total. The first-order chi connectivity index (χ1) is 8.99. The molecule has 0 fully saturated rings. The van der Waals surface area contributed by atoms with Gasteiger partial charge in [0.2, 0.25) is 5.88 Å². The van der Waals surface area contributed by atoms with E-state index in [1.807, 2.05) is 13.8 Å². The average Bonchev–Trinajstić information content (AvgIpc) is 2.43. The van der Waals surface area contributed by atoms with Crippen LogP contribution < -0.4 is 10.1 Å². The maximum atomic E-state index is 12.0. The highest BCUT2D eigenvalue weighted by Crippen LogP contribution is 2.09. The zero-order valence-corrected chi connectivity index (χ0v) is 11.5. The minimum Gasteiger partial charge on any atom is -0.481 e. The highest BCUT2D eigenvalue weighted by molar-refractivity contribution is 5.96. The second-order valence-corrected chi connectivity index (χ2v) is 4.31. The number of rotatable bonds is 5. The van der Waals surface area contributed by atoms with Gasteiger partial charge in [0.25, 0.3) is 5.91 Å². The molecule has 1 heterocycles. The molecular formula is C13H18N2O4. The van der Waals surface area contributed by atoms with Crippen molar-refractivity contribution >= 4 is 11.9 Å². The van der Waals surface area contributed by atoms with E-state index in [4.69, 9.17) is 4.74 Å². The molecule has 1 rings (SSSR count). The molecule has 104 valence electrons. The third-order valence-corrected chi connectivity index (χ3v) is 2.62. The van der Waals surface area contributed by atoms with Gasteiger partial charge in [0.15, 0.2) is 0 Å². The summed E-state index contributed by atoms with van der Waals surface area (Å²) in [4.78, 5) is 27.5. The normalized spacial score (nSPS) is 11.8. The Morgan fingerprint density at radius 1 is 1.26 bits per heavy atom. The van der Waals surface area contributed by atoms with Gasteiger partial charge in [-0.1, -0.05) is 13.8 Å². The molecule has 1 aromatic rings. The second-order valence-electron chi connectivity index (χ2n) is 4.31. The zero-order valence-electron chi connectivity index (χ0n) is 11.5. The van der Waals surface area contributed by atoms with Crippen LogP contribution in [0.5, 0.6) is 5.88 Å². The van der Waals surface area contributed by atoms with E-state index in [2.05, 4.69) is 15.0 Å². The molecule has 1 amide bonds. The van der Waals surface area contributed by atoms with Crippen molar-refractivity contribution in [3.8, 4) is 5.88 Å². The molecular weight excluding hydrogens is 248 g/mol. The van der Waals surface area contributed by atoms with Crippen LogP contribution in [0.2, 0.25) is 0 Å². The summed E-state index contributed by atoms with van der Waals surface area (Å²) in [6, 6.07) is 2.48. The van der Waals surface area contributed by atoms with Crippen LogP contribution in [-0.2, 0) is 9.53 Å². The van der Waals surface area contributed by atoms with Gasteiger partial charge in [-0.2, -0.15) is 0 Å². The SMILES string of the molecule is COC(=O)C(NC(=O)c1ccc(OC)nc1)C(C)C. The minimum absolute atomic E-state index is 0.0670. The number of carbonyl (C=O) groups is 2. The van der Waals surface area contributed by atoms with E-state index < -0.39 is 12.0 Å². The maximum Gasteiger partial charge on any atom is 0.328 e. The highest BCUT2D eigenvalue weighted by Gasteiger charge is 2.25. The summed E-state index contributed by atoms with van der Waals surface area (Å²) in [6.07, 6.45) is 1.39. The lowest BCUT2D eigenvalue weighted by Crippen LogP contribution is -2.45. The lowest BCUT2D eigenvalue weighted by atomic mass is 10.0. The lowest BCUT2D eigenvalue weighted by Gasteiger charge is -2.19. The van der Waals surface area contributed by atoms with Crippen LogP contribution in [0.3, 0.4) is 0 Å². The number of nitrogens with one attached hydrogen (secondary N) is 1. The number of esters is 1. The lowest BCUT2D eigenvalue weighted by molar-refractivity contribution is -0.144. The van der Waals surface area contributed by atoms with Gasteiger partial charge in [-0.05, 0) is 12.0 Å². The Morgan fingerprint density at radius 2 is 1.95 bits per heavy atom. The van der Waals surface area contributed by atoms with E-state index in [9.17, 15) is 9.59 Å². The van der Waals surface area contributed by atoms with E-state index in [-0.39, 0.29) is 11.8 Å². The molecule has 0 bridgehead atoms. The van der Waals surface area contributed by atoms with Crippen molar-refractivity contribution in [1.82, 2.24) is 10.3 Å². The van der Waals surface area contributed by atoms with E-state index in [0.29, 0.717) is 11.4 Å². The molecule has 0 saturated carbocycles. The zero-order chi connectivity index (χ0) is 14.4. The van der Waals surface area contributed by atoms with Gasteiger partial charge in [0.05, 0.1) is 19.8 Å². The van der Waals surface area contributed by atoms with Crippen LogP contribution in [0.25, 0.3) is 0 Å². The van der Waals surface area contributed by atoms with Crippen molar-refractivity contribution < 1.29 is 19.1 Å². The Labute approximate surface area is 112 Å². The first-order valence-electron chi connectivity index (χ1n) is 5.88. The third-order valence-electron chi connectivity index (χ3n) is 2.62. The Balaban J connectivity index is 2.78. The molecule has 1 aromatic heterocycles. The molecule has 1 N–H and O–H groups in total. The summed E-state index contributed by atoms with van der Waals surface area (Å²) in [5, 5.41) is 2.63. The van der Waals surface area contributed by atoms with Crippen LogP contribution >= 0.6 is 0 Å². The Bertz CT molecular complexity index is 442. The smallest absolute Gasteiger partial charge is 0.328 e. The summed E-state index contributed by atoms with van der Waals surface area (Å²) < 4.78 is 9.56. The van der Waals surface area contributed by atoms with Crippen LogP contribution in [0.1, 0.15) is 24.2 Å². The molecule has 1 atom stereocenters. The molecule has 0 aliphatic carbocycles. The molecule has 0 radical (unpaired) electrons. The fourth-order valence-electron chi connectivity index (χ4n) is 1.48. The summed E-state index contributed by atoms with van der Waals surface area (Å²) in [5.74, 6) is -0.489. The molecule has 0 saturated heterocycles. The van der Waals surface area contributed by atoms with Crippen molar-refractivity contribution in [2.24, 2.45) is 5.92 Å². The predicted octanol–water partition coefficient (Wildman–Crippen LogP) is 1.02. The summed E-state index contributed by atoms with van der Waals surface area (Å²) in [5.41, 5.74) is 0.357. The van der Waals surface area contributed by atoms with Crippen LogP contribution in [-0.4, -0.2) is 37.1 Å². The quantitative estimate of drug-likeness (QED) is 0.805. The van der Waals surface area contributed by atoms with Gasteiger partial charge in [-0.3, -0.25) is 4.79 Å². The maximum absolute atomic E-state index is 12.0. The number of ether oxygens (including phenoxy) is 2. The first kappa shape index (κ1) is 14.9. The summed E-state index contributed by atoms with van der Waals surface area (Å²) in [7, 11) is 2.78. The standard InChI is InChI=1S/C13H18N2O4/c1-8(2)11(13(17)19-4)15-12(16)9-5-6-10(18-3)14-7-9/h5-8,11H,1-4H3,(H,15,16). The van der Waals surface area contributed by atoms with Crippen LogP contribution in [0.15, 0.2) is 18.3 Å². The van der Waals surface area contributed by atoms with Gasteiger partial charge in [0, 0.05) is 12.3 Å². The second kappa shape index (κ2) is 6.72. The molecule has 0 aliphatic rings. The van der Waals surface area contributed by atoms with Gasteiger partial charge in [0.1, 0.15) is 6.04 Å². The largest absolute Gasteiger partial charge is 0.481 e. The third kappa shape index (κ3) is 3.94. The summed E-state index contributed by atoms with van der Waals surface area (Å²) >= 11 is 0. The number of carbonyl (C=O) groups excluding carboxylic acids is 2. The Hall–Kier alpha value is -2.11. The van der Waals surface area contributed by atoms with E-state index in [1.165, 1.54) is 20.4 Å². The number of hydrogen-bond donors (Lipinski definition) is 1. The first-order valence-corrected chi connectivity index (χ1v) is 5.88. The van der Waals surface area contributed by atoms with Gasteiger partial charge in [-0.25, -0.2) is 9.78 Å². The van der Waals surface area contributed by atoms with Crippen LogP contribution in [0, 0.1) is 5.92 Å². The minimum atomic E-state index is -0.681. The molecule has 6 heteroatoms. The predicted molar refractivity (Wildman–Crippen MR) is 68.9 cm³/mol. The molecule has 19 heavy (non-hydrogen) atoms. The molecule has 0 aromatic carbocycles. The Morgan fingerprint density at radius 3 is 2.37 bits per heavy atom. The monoisotopic (exact) mass is 266 g/mol. The Kier molecular flexibility index (Phi) is 5.29. The number of nitrogens with zero attached hydrogens (tertiary/aromatic N) is 1. The number of aromatic nitrogens is 1. The van der Waals surface area contributed by atoms with Crippen molar-refractivity contribution in [3.05, 3.63) is 23.9 Å². The average molecular weight is 266 g/mol. The number of amides is 1. The number of pyridine rings is 1. The van der Waals surface area contributed by atoms with E-state index >= 15 is 0 Å². The van der Waals surface area contributed by atoms with Crippen molar-refractivity contribution in [2.45, 2.75) is 19.9 Å². The topological polar surface area (TPSA) is 77.5 Å². The molecule has 1 unspecified atom stereocenters.